The van der Waals surface area contributed by atoms with Crippen LogP contribution in [0, 0.1) is 6.92 Å². The van der Waals surface area contributed by atoms with Crippen LogP contribution < -0.4 is 0 Å². The van der Waals surface area contributed by atoms with Crippen LogP contribution in [-0.2, 0) is 4.79 Å². The van der Waals surface area contributed by atoms with Gasteiger partial charge in [-0.15, -0.1) is 4.99 Å². The summed E-state index contributed by atoms with van der Waals surface area (Å²) in [5.74, 6) is 0.170. The van der Waals surface area contributed by atoms with E-state index in [4.69, 9.17) is 4.52 Å². The van der Waals surface area contributed by atoms with Crippen molar-refractivity contribution in [3.63, 3.8) is 0 Å². The number of aromatic nitrogens is 1. The number of aryl methyl sites for hydroxylation is 1. The molecule has 0 spiro atoms. The molecule has 0 aliphatic rings. The van der Waals surface area contributed by atoms with Gasteiger partial charge in [-0.3, -0.25) is 0 Å². The molecule has 1 heterocycles. The highest BCUT2D eigenvalue weighted by Crippen LogP contribution is 2.25. The minimum absolute atomic E-state index is 0.170. The van der Waals surface area contributed by atoms with E-state index in [1.54, 1.807) is 6.07 Å². The maximum Gasteiger partial charge on any atom is 0.261 e. The number of isocyanates is 1. The molecule has 2 rings (SSSR count). The molecule has 15 heavy (non-hydrogen) atoms. The second-order valence-electron chi connectivity index (χ2n) is 3.07. The van der Waals surface area contributed by atoms with Crippen molar-refractivity contribution >= 4 is 12.0 Å². The van der Waals surface area contributed by atoms with Crippen molar-refractivity contribution < 1.29 is 9.32 Å². The smallest absolute Gasteiger partial charge is 0.261 e. The fraction of sp³-hybridized carbons (Fsp3) is 0.0909. The maximum absolute atomic E-state index is 10.0. The minimum Gasteiger partial charge on any atom is -0.335 e. The third-order valence-corrected chi connectivity index (χ3v) is 2.07. The Hall–Kier alpha value is -2.19. The summed E-state index contributed by atoms with van der Waals surface area (Å²) in [5, 5.41) is 3.82. The van der Waals surface area contributed by atoms with Crippen molar-refractivity contribution in [3.05, 3.63) is 35.9 Å². The maximum atomic E-state index is 10.0. The fourth-order valence-electron chi connectivity index (χ4n) is 1.35. The molecule has 74 valence electrons. The zero-order valence-electron chi connectivity index (χ0n) is 8.10. The van der Waals surface area contributed by atoms with Crippen LogP contribution in [0.2, 0.25) is 0 Å². The quantitative estimate of drug-likeness (QED) is 0.553. The number of hydrogen-bond acceptors (Lipinski definition) is 4. The lowest BCUT2D eigenvalue weighted by atomic mass is 10.1. The molecular formula is C11H8N2O2. The van der Waals surface area contributed by atoms with Crippen molar-refractivity contribution in [2.75, 3.05) is 0 Å². The number of carbonyl (C=O) groups excluding carboxylic acids is 1. The Morgan fingerprint density at radius 2 is 2.20 bits per heavy atom. The number of hydrogen-bond donors (Lipinski definition) is 0. The SMILES string of the molecule is Cc1ccccc1-c1cc(N=C=O)on1. The summed E-state index contributed by atoms with van der Waals surface area (Å²) in [6, 6.07) is 9.38. The zero-order valence-corrected chi connectivity index (χ0v) is 8.10. The molecule has 0 saturated heterocycles. The lowest BCUT2D eigenvalue weighted by Crippen LogP contribution is -1.80. The second-order valence-corrected chi connectivity index (χ2v) is 3.07. The van der Waals surface area contributed by atoms with E-state index >= 15 is 0 Å². The van der Waals surface area contributed by atoms with Crippen molar-refractivity contribution in [1.82, 2.24) is 5.16 Å². The molecule has 0 bridgehead atoms. The van der Waals surface area contributed by atoms with Gasteiger partial charge in [-0.2, -0.15) is 0 Å². The first kappa shape index (κ1) is 9.37. The van der Waals surface area contributed by atoms with Gasteiger partial charge < -0.3 is 4.52 Å². The van der Waals surface area contributed by atoms with Crippen LogP contribution in [0.5, 0.6) is 0 Å². The fourth-order valence-corrected chi connectivity index (χ4v) is 1.35. The number of rotatable bonds is 2. The molecule has 0 atom stereocenters. The van der Waals surface area contributed by atoms with Gasteiger partial charge in [0.2, 0.25) is 6.08 Å². The van der Waals surface area contributed by atoms with Crippen LogP contribution in [0.25, 0.3) is 11.3 Å². The average Bonchev–Trinajstić information content (AvgIpc) is 2.68. The Labute approximate surface area is 86.2 Å². The van der Waals surface area contributed by atoms with E-state index < -0.39 is 0 Å². The molecular weight excluding hydrogens is 192 g/mol. The number of benzene rings is 1. The number of nitrogens with zero attached hydrogens (tertiary/aromatic N) is 2. The molecule has 2 aromatic rings. The lowest BCUT2D eigenvalue weighted by Gasteiger charge is -1.98. The van der Waals surface area contributed by atoms with Crippen LogP contribution >= 0.6 is 0 Å². The average molecular weight is 200 g/mol. The van der Waals surface area contributed by atoms with E-state index in [9.17, 15) is 4.79 Å². The molecule has 0 N–H and O–H groups in total. The van der Waals surface area contributed by atoms with E-state index in [-0.39, 0.29) is 5.88 Å². The van der Waals surface area contributed by atoms with E-state index in [0.717, 1.165) is 11.1 Å². The molecule has 0 amide bonds. The summed E-state index contributed by atoms with van der Waals surface area (Å²) >= 11 is 0. The highest BCUT2D eigenvalue weighted by molar-refractivity contribution is 5.65. The molecule has 0 aliphatic carbocycles. The zero-order chi connectivity index (χ0) is 10.7. The molecule has 1 aromatic heterocycles. The Morgan fingerprint density at radius 3 is 2.93 bits per heavy atom. The summed E-state index contributed by atoms with van der Waals surface area (Å²) in [6.07, 6.45) is 1.40. The summed E-state index contributed by atoms with van der Waals surface area (Å²) < 4.78 is 4.84. The normalized spacial score (nSPS) is 9.67. The first-order chi connectivity index (χ1) is 7.31. The predicted molar refractivity (Wildman–Crippen MR) is 54.5 cm³/mol. The van der Waals surface area contributed by atoms with Gasteiger partial charge in [0, 0.05) is 11.6 Å². The van der Waals surface area contributed by atoms with E-state index in [1.807, 2.05) is 31.2 Å². The Kier molecular flexibility index (Phi) is 2.44. The molecule has 0 saturated carbocycles. The summed E-state index contributed by atoms with van der Waals surface area (Å²) in [6.45, 7) is 1.98. The van der Waals surface area contributed by atoms with Crippen LogP contribution in [0.1, 0.15) is 5.56 Å². The Morgan fingerprint density at radius 1 is 1.40 bits per heavy atom. The van der Waals surface area contributed by atoms with Gasteiger partial charge in [0.25, 0.3) is 5.88 Å². The van der Waals surface area contributed by atoms with Crippen molar-refractivity contribution in [3.8, 4) is 11.3 Å². The third kappa shape index (κ3) is 1.85. The monoisotopic (exact) mass is 200 g/mol. The summed E-state index contributed by atoms with van der Waals surface area (Å²) in [4.78, 5) is 13.4. The molecule has 4 heteroatoms. The van der Waals surface area contributed by atoms with Gasteiger partial charge in [0.1, 0.15) is 5.69 Å². The van der Waals surface area contributed by atoms with E-state index in [2.05, 4.69) is 10.1 Å². The molecule has 1 aromatic carbocycles. The van der Waals surface area contributed by atoms with Gasteiger partial charge >= 0.3 is 0 Å². The second kappa shape index (κ2) is 3.90. The first-order valence-electron chi connectivity index (χ1n) is 4.42. The topological polar surface area (TPSA) is 55.5 Å². The van der Waals surface area contributed by atoms with Gasteiger partial charge in [0.15, 0.2) is 0 Å². The van der Waals surface area contributed by atoms with E-state index in [0.29, 0.717) is 5.69 Å². The van der Waals surface area contributed by atoms with Gasteiger partial charge in [-0.25, -0.2) is 4.79 Å². The van der Waals surface area contributed by atoms with Gasteiger partial charge in [0.05, 0.1) is 0 Å². The van der Waals surface area contributed by atoms with Crippen molar-refractivity contribution in [1.29, 1.82) is 0 Å². The van der Waals surface area contributed by atoms with Crippen LogP contribution in [0.15, 0.2) is 39.8 Å². The van der Waals surface area contributed by atoms with Crippen LogP contribution in [0.3, 0.4) is 0 Å². The summed E-state index contributed by atoms with van der Waals surface area (Å²) in [5.41, 5.74) is 2.73. The lowest BCUT2D eigenvalue weighted by molar-refractivity contribution is 0.432. The third-order valence-electron chi connectivity index (χ3n) is 2.07. The largest absolute Gasteiger partial charge is 0.335 e. The van der Waals surface area contributed by atoms with Gasteiger partial charge in [-0.05, 0) is 12.5 Å². The van der Waals surface area contributed by atoms with Crippen LogP contribution in [-0.4, -0.2) is 11.2 Å². The molecule has 0 radical (unpaired) electrons. The van der Waals surface area contributed by atoms with E-state index in [1.165, 1.54) is 6.08 Å². The number of aliphatic imine (C=N–C) groups is 1. The van der Waals surface area contributed by atoms with Gasteiger partial charge in [-0.1, -0.05) is 29.4 Å². The highest BCUT2D eigenvalue weighted by Gasteiger charge is 2.07. The molecule has 0 aliphatic heterocycles. The molecule has 4 nitrogen and oxygen atoms in total. The first-order valence-corrected chi connectivity index (χ1v) is 4.42. The Balaban J connectivity index is 2.46. The van der Waals surface area contributed by atoms with Crippen molar-refractivity contribution in [2.45, 2.75) is 6.92 Å². The highest BCUT2D eigenvalue weighted by atomic mass is 16.5. The predicted octanol–water partition coefficient (Wildman–Crippen LogP) is 2.62. The minimum atomic E-state index is 0.170. The van der Waals surface area contributed by atoms with Crippen LogP contribution in [0.4, 0.5) is 5.88 Å². The molecule has 0 unspecified atom stereocenters. The standard InChI is InChI=1S/C11H8N2O2/c1-8-4-2-3-5-9(8)10-6-11(12-7-14)15-13-10/h2-6H,1H3. The molecule has 0 fully saturated rings. The Bertz CT molecular complexity index is 525. The summed E-state index contributed by atoms with van der Waals surface area (Å²) in [7, 11) is 0. The van der Waals surface area contributed by atoms with Crippen molar-refractivity contribution in [2.24, 2.45) is 4.99 Å².